The van der Waals surface area contributed by atoms with Crippen molar-refractivity contribution in [3.8, 4) is 0 Å². The molecule has 0 aliphatic carbocycles. The van der Waals surface area contributed by atoms with Crippen LogP contribution in [0.15, 0.2) is 109 Å². The zero-order valence-corrected chi connectivity index (χ0v) is 58.6. The van der Waals surface area contributed by atoms with E-state index < -0.39 is 124 Å². The number of ether oxygens (including phenoxy) is 6. The van der Waals surface area contributed by atoms with Gasteiger partial charge in [-0.1, -0.05) is 245 Å². The molecule has 0 aromatic rings. The summed E-state index contributed by atoms with van der Waals surface area (Å²) in [6.07, 6.45) is 50.8. The number of rotatable bonds is 56. The van der Waals surface area contributed by atoms with Crippen molar-refractivity contribution in [2.24, 2.45) is 0 Å². The molecular weight excluding hydrogens is 1230 g/mol. The normalized spacial score (nSPS) is 27.7. The van der Waals surface area contributed by atoms with E-state index in [2.05, 4.69) is 116 Å². The Morgan fingerprint density at radius 3 is 1.17 bits per heavy atom. The van der Waals surface area contributed by atoms with Crippen molar-refractivity contribution in [3.05, 3.63) is 109 Å². The number of nitrogens with one attached hydrogen (secondary N) is 1. The zero-order chi connectivity index (χ0) is 69.6. The van der Waals surface area contributed by atoms with Crippen LogP contribution in [0, 0.1) is 0 Å². The highest BCUT2D eigenvalue weighted by Crippen LogP contribution is 2.33. The van der Waals surface area contributed by atoms with Gasteiger partial charge in [0.1, 0.15) is 73.2 Å². The number of hydrogen-bond donors (Lipinski definition) is 12. The third-order valence-electron chi connectivity index (χ3n) is 17.8. The summed E-state index contributed by atoms with van der Waals surface area (Å²) in [4.78, 5) is 13.4. The summed E-state index contributed by atoms with van der Waals surface area (Å²) in [5.74, 6) is -0.293. The zero-order valence-electron chi connectivity index (χ0n) is 58.6. The van der Waals surface area contributed by atoms with Gasteiger partial charge < -0.3 is 89.9 Å². The Hall–Kier alpha value is -3.55. The maximum Gasteiger partial charge on any atom is 0.220 e. The van der Waals surface area contributed by atoms with Crippen molar-refractivity contribution in [1.82, 2.24) is 5.32 Å². The second-order valence-electron chi connectivity index (χ2n) is 26.0. The predicted molar refractivity (Wildman–Crippen MR) is 378 cm³/mol. The van der Waals surface area contributed by atoms with Gasteiger partial charge in [-0.25, -0.2) is 0 Å². The van der Waals surface area contributed by atoms with Crippen molar-refractivity contribution in [2.45, 2.75) is 343 Å². The summed E-state index contributed by atoms with van der Waals surface area (Å²) in [5.41, 5.74) is 0. The van der Waals surface area contributed by atoms with Gasteiger partial charge in [-0.05, 0) is 96.3 Å². The monoisotopic (exact) mass is 1360 g/mol. The molecule has 0 spiro atoms. The molecular formula is C77H131NO18. The minimum absolute atomic E-state index is 0.227. The largest absolute Gasteiger partial charge is 0.394 e. The van der Waals surface area contributed by atoms with Crippen LogP contribution in [-0.2, 0) is 33.2 Å². The Morgan fingerprint density at radius 2 is 0.729 bits per heavy atom. The molecule has 0 radical (unpaired) electrons. The molecule has 3 aliphatic rings. The van der Waals surface area contributed by atoms with Gasteiger partial charge in [0.05, 0.1) is 38.6 Å². The smallest absolute Gasteiger partial charge is 0.220 e. The Labute approximate surface area is 576 Å². The van der Waals surface area contributed by atoms with Crippen LogP contribution in [0.5, 0.6) is 0 Å². The first-order valence-corrected chi connectivity index (χ1v) is 37.1. The summed E-state index contributed by atoms with van der Waals surface area (Å²) in [7, 11) is 0. The van der Waals surface area contributed by atoms with Crippen LogP contribution < -0.4 is 5.32 Å². The first kappa shape index (κ1) is 86.7. The molecule has 19 nitrogen and oxygen atoms in total. The molecule has 0 saturated carbocycles. The van der Waals surface area contributed by atoms with E-state index in [1.807, 2.05) is 6.08 Å². The van der Waals surface area contributed by atoms with Gasteiger partial charge in [0.25, 0.3) is 0 Å². The number of amides is 1. The molecule has 3 heterocycles. The van der Waals surface area contributed by atoms with Crippen molar-refractivity contribution in [3.63, 3.8) is 0 Å². The highest BCUT2D eigenvalue weighted by atomic mass is 16.8. The Bertz CT molecular complexity index is 2160. The Kier molecular flexibility index (Phi) is 51.6. The van der Waals surface area contributed by atoms with Crippen LogP contribution in [0.25, 0.3) is 0 Å². The molecule has 19 heteroatoms. The predicted octanol–water partition coefficient (Wildman–Crippen LogP) is 11.0. The van der Waals surface area contributed by atoms with Crippen LogP contribution in [-0.4, -0.2) is 193 Å². The molecule has 17 unspecified atom stereocenters. The topological polar surface area (TPSA) is 307 Å². The average Bonchev–Trinajstić information content (AvgIpc) is 0.798. The number of allylic oxidation sites excluding steroid dienone is 17. The molecule has 1 amide bonds. The summed E-state index contributed by atoms with van der Waals surface area (Å²) in [6, 6.07) is -1.00. The van der Waals surface area contributed by atoms with Crippen LogP contribution in [0.2, 0.25) is 0 Å². The van der Waals surface area contributed by atoms with E-state index in [1.54, 1.807) is 6.08 Å². The first-order valence-electron chi connectivity index (χ1n) is 37.1. The second kappa shape index (κ2) is 57.1. The Balaban J connectivity index is 1.36. The molecule has 3 saturated heterocycles. The third-order valence-corrected chi connectivity index (χ3v) is 17.8. The molecule has 3 rings (SSSR count). The van der Waals surface area contributed by atoms with E-state index in [0.29, 0.717) is 12.8 Å². The lowest BCUT2D eigenvalue weighted by Crippen LogP contribution is -2.66. The number of hydrogen-bond acceptors (Lipinski definition) is 18. The summed E-state index contributed by atoms with van der Waals surface area (Å²) in [5, 5.41) is 121. The van der Waals surface area contributed by atoms with Crippen molar-refractivity contribution in [2.75, 3.05) is 26.4 Å². The van der Waals surface area contributed by atoms with Gasteiger partial charge >= 0.3 is 0 Å². The van der Waals surface area contributed by atoms with Crippen LogP contribution in [0.4, 0.5) is 0 Å². The fourth-order valence-corrected chi connectivity index (χ4v) is 11.8. The summed E-state index contributed by atoms with van der Waals surface area (Å²) >= 11 is 0. The highest BCUT2D eigenvalue weighted by Gasteiger charge is 2.53. The molecule has 3 fully saturated rings. The molecule has 12 N–H and O–H groups in total. The standard InChI is InChI=1S/C77H131NO18/c1-3-5-7-9-11-13-15-17-19-21-22-23-24-25-26-27-28-29-30-31-32-33-34-35-36-37-38-39-41-43-45-47-49-51-53-55-65(83)78-60(61(82)54-52-50-48-46-44-42-40-20-18-16-14-12-10-8-6-4-2)59-91-75-71(89)68(86)73(63(57-80)93-75)96-77-72(90)69(87)74(64(58-81)94-77)95-76-70(88)67(85)66(84)62(56-79)92-76/h5,7,11,13,17-20,22-23,25-26,28-29,44,46,52,54,60-64,66-77,79-82,84-90H,3-4,6,8-10,12,14-16,21,24,27,30-43,45,47-51,53,55-59H2,1-2H3,(H,78,83)/b7-5-,13-11-,19-17-,20-18+,23-22-,26-25-,29-28-,46-44+,54-52+. The Morgan fingerprint density at radius 1 is 0.385 bits per heavy atom. The van der Waals surface area contributed by atoms with Gasteiger partial charge in [-0.3, -0.25) is 4.79 Å². The lowest BCUT2D eigenvalue weighted by Gasteiger charge is -2.48. The van der Waals surface area contributed by atoms with Gasteiger partial charge in [0.2, 0.25) is 5.91 Å². The number of carbonyl (C=O) groups excluding carboxylic acids is 1. The second-order valence-corrected chi connectivity index (χ2v) is 26.0. The lowest BCUT2D eigenvalue weighted by atomic mass is 9.96. The number of aliphatic hydroxyl groups excluding tert-OH is 11. The lowest BCUT2D eigenvalue weighted by molar-refractivity contribution is -0.379. The van der Waals surface area contributed by atoms with E-state index >= 15 is 0 Å². The fourth-order valence-electron chi connectivity index (χ4n) is 11.8. The fraction of sp³-hybridized carbons (Fsp3) is 0.753. The highest BCUT2D eigenvalue weighted by molar-refractivity contribution is 5.76. The SMILES string of the molecule is CC/C=C\C/C=C\C/C=C\C/C=C\C/C=C\C/C=C\CCCCCCCCCCCCCCCCCCC(=O)NC(COC1OC(CO)C(OC2OC(CO)C(OC3OC(CO)C(O)C(O)C3O)C(O)C2O)C(O)C1O)C(O)/C=C/CC/C=C/CC/C=C/CCCCCCCC. The van der Waals surface area contributed by atoms with E-state index in [-0.39, 0.29) is 18.9 Å². The van der Waals surface area contributed by atoms with E-state index in [1.165, 1.54) is 122 Å². The molecule has 0 aromatic carbocycles. The van der Waals surface area contributed by atoms with Gasteiger partial charge in [-0.15, -0.1) is 0 Å². The van der Waals surface area contributed by atoms with Crippen molar-refractivity contribution >= 4 is 5.91 Å². The van der Waals surface area contributed by atoms with E-state index in [9.17, 15) is 61.0 Å². The van der Waals surface area contributed by atoms with E-state index in [4.69, 9.17) is 28.4 Å². The molecule has 3 aliphatic heterocycles. The van der Waals surface area contributed by atoms with Crippen LogP contribution in [0.3, 0.4) is 0 Å². The summed E-state index contributed by atoms with van der Waals surface area (Å²) < 4.78 is 34.3. The average molecular weight is 1360 g/mol. The van der Waals surface area contributed by atoms with Crippen LogP contribution >= 0.6 is 0 Å². The summed E-state index contributed by atoms with van der Waals surface area (Å²) in [6.45, 7) is 1.57. The molecule has 0 bridgehead atoms. The quantitative estimate of drug-likeness (QED) is 0.0199. The third kappa shape index (κ3) is 37.8. The van der Waals surface area contributed by atoms with Crippen molar-refractivity contribution < 1.29 is 89.4 Å². The van der Waals surface area contributed by atoms with Gasteiger partial charge in [0, 0.05) is 6.42 Å². The van der Waals surface area contributed by atoms with Crippen LogP contribution in [0.1, 0.15) is 239 Å². The first-order chi connectivity index (χ1) is 46.8. The van der Waals surface area contributed by atoms with E-state index in [0.717, 1.165) is 83.5 Å². The molecule has 17 atom stereocenters. The maximum absolute atomic E-state index is 13.4. The van der Waals surface area contributed by atoms with Crippen molar-refractivity contribution in [1.29, 1.82) is 0 Å². The molecule has 552 valence electrons. The van der Waals surface area contributed by atoms with Gasteiger partial charge in [0.15, 0.2) is 18.9 Å². The molecule has 0 aromatic heterocycles. The minimum Gasteiger partial charge on any atom is -0.394 e. The number of aliphatic hydroxyl groups is 11. The van der Waals surface area contributed by atoms with Gasteiger partial charge in [-0.2, -0.15) is 0 Å². The number of carbonyl (C=O) groups is 1. The number of unbranched alkanes of at least 4 members (excludes halogenated alkanes) is 24. The maximum atomic E-state index is 13.4. The molecule has 96 heavy (non-hydrogen) atoms. The minimum atomic E-state index is -1.99.